The fraction of sp³-hybridized carbons (Fsp3) is 0.600. The SMILES string of the molecule is CCOc1ccccc1CNCC1(O)CCCC1. The zero-order valence-electron chi connectivity index (χ0n) is 11.1. The van der Waals surface area contributed by atoms with Crippen LogP contribution in [0.4, 0.5) is 0 Å². The van der Waals surface area contributed by atoms with E-state index in [2.05, 4.69) is 11.4 Å². The van der Waals surface area contributed by atoms with Gasteiger partial charge in [0, 0.05) is 18.7 Å². The van der Waals surface area contributed by atoms with Gasteiger partial charge in [-0.05, 0) is 25.8 Å². The largest absolute Gasteiger partial charge is 0.494 e. The van der Waals surface area contributed by atoms with Crippen LogP contribution in [0, 0.1) is 0 Å². The van der Waals surface area contributed by atoms with E-state index >= 15 is 0 Å². The Balaban J connectivity index is 1.86. The average Bonchev–Trinajstić information content (AvgIpc) is 2.79. The normalized spacial score (nSPS) is 17.9. The summed E-state index contributed by atoms with van der Waals surface area (Å²) in [6.45, 7) is 4.10. The van der Waals surface area contributed by atoms with Crippen LogP contribution in [0.15, 0.2) is 24.3 Å². The van der Waals surface area contributed by atoms with Gasteiger partial charge in [0.1, 0.15) is 5.75 Å². The first-order valence-electron chi connectivity index (χ1n) is 6.87. The Morgan fingerprint density at radius 3 is 2.72 bits per heavy atom. The van der Waals surface area contributed by atoms with Gasteiger partial charge in [0.25, 0.3) is 0 Å². The zero-order valence-corrected chi connectivity index (χ0v) is 11.1. The highest BCUT2D eigenvalue weighted by atomic mass is 16.5. The number of hydrogen-bond acceptors (Lipinski definition) is 3. The van der Waals surface area contributed by atoms with Crippen LogP contribution >= 0.6 is 0 Å². The van der Waals surface area contributed by atoms with Gasteiger partial charge in [0.2, 0.25) is 0 Å². The number of ether oxygens (including phenoxy) is 1. The van der Waals surface area contributed by atoms with Crippen molar-refractivity contribution in [1.29, 1.82) is 0 Å². The summed E-state index contributed by atoms with van der Waals surface area (Å²) in [6, 6.07) is 8.06. The molecular weight excluding hydrogens is 226 g/mol. The van der Waals surface area contributed by atoms with Crippen LogP contribution < -0.4 is 10.1 Å². The van der Waals surface area contributed by atoms with E-state index in [-0.39, 0.29) is 0 Å². The molecule has 0 saturated heterocycles. The molecule has 1 fully saturated rings. The molecular formula is C15H23NO2. The minimum absolute atomic E-state index is 0.486. The topological polar surface area (TPSA) is 41.5 Å². The van der Waals surface area contributed by atoms with E-state index in [0.717, 1.165) is 43.5 Å². The molecule has 0 heterocycles. The molecule has 0 unspecified atom stereocenters. The summed E-state index contributed by atoms with van der Waals surface area (Å²) in [6.07, 6.45) is 4.14. The van der Waals surface area contributed by atoms with Gasteiger partial charge in [-0.2, -0.15) is 0 Å². The van der Waals surface area contributed by atoms with Gasteiger partial charge < -0.3 is 15.2 Å². The minimum Gasteiger partial charge on any atom is -0.494 e. The highest BCUT2D eigenvalue weighted by Gasteiger charge is 2.30. The first-order chi connectivity index (χ1) is 8.73. The molecule has 1 aromatic carbocycles. The van der Waals surface area contributed by atoms with Crippen molar-refractivity contribution in [3.63, 3.8) is 0 Å². The lowest BCUT2D eigenvalue weighted by atomic mass is 10.0. The average molecular weight is 249 g/mol. The van der Waals surface area contributed by atoms with Gasteiger partial charge in [0.15, 0.2) is 0 Å². The number of hydrogen-bond donors (Lipinski definition) is 2. The standard InChI is InChI=1S/C15H23NO2/c1-2-18-14-8-4-3-7-13(14)11-16-12-15(17)9-5-6-10-15/h3-4,7-8,16-17H,2,5-6,9-12H2,1H3. The summed E-state index contributed by atoms with van der Waals surface area (Å²) in [5, 5.41) is 13.6. The smallest absolute Gasteiger partial charge is 0.123 e. The molecule has 1 aromatic rings. The Hall–Kier alpha value is -1.06. The number of rotatable bonds is 6. The van der Waals surface area contributed by atoms with E-state index in [4.69, 9.17) is 4.74 Å². The molecule has 0 radical (unpaired) electrons. The van der Waals surface area contributed by atoms with Crippen LogP contribution in [-0.4, -0.2) is 23.9 Å². The first kappa shape index (κ1) is 13.4. The lowest BCUT2D eigenvalue weighted by molar-refractivity contribution is 0.0474. The van der Waals surface area contributed by atoms with Gasteiger partial charge in [-0.3, -0.25) is 0 Å². The van der Waals surface area contributed by atoms with Gasteiger partial charge in [-0.1, -0.05) is 31.0 Å². The zero-order chi connectivity index (χ0) is 12.8. The summed E-state index contributed by atoms with van der Waals surface area (Å²) in [5.41, 5.74) is 0.668. The van der Waals surface area contributed by atoms with Crippen LogP contribution in [0.5, 0.6) is 5.75 Å². The number of benzene rings is 1. The molecule has 2 N–H and O–H groups in total. The van der Waals surface area contributed by atoms with Crippen molar-refractivity contribution in [1.82, 2.24) is 5.32 Å². The molecule has 0 amide bonds. The second kappa shape index (κ2) is 6.21. The fourth-order valence-electron chi connectivity index (χ4n) is 2.59. The van der Waals surface area contributed by atoms with Crippen LogP contribution in [0.1, 0.15) is 38.2 Å². The van der Waals surface area contributed by atoms with Gasteiger partial charge in [-0.15, -0.1) is 0 Å². The van der Waals surface area contributed by atoms with E-state index in [1.165, 1.54) is 0 Å². The molecule has 0 atom stereocenters. The van der Waals surface area contributed by atoms with E-state index < -0.39 is 5.60 Å². The molecule has 18 heavy (non-hydrogen) atoms. The van der Waals surface area contributed by atoms with Crippen LogP contribution in [0.25, 0.3) is 0 Å². The minimum atomic E-state index is -0.486. The Morgan fingerprint density at radius 1 is 1.28 bits per heavy atom. The van der Waals surface area contributed by atoms with E-state index in [0.29, 0.717) is 13.2 Å². The molecule has 1 saturated carbocycles. The third-order valence-corrected chi connectivity index (χ3v) is 3.58. The maximum atomic E-state index is 10.2. The predicted octanol–water partition coefficient (Wildman–Crippen LogP) is 2.48. The maximum absolute atomic E-state index is 10.2. The predicted molar refractivity (Wildman–Crippen MR) is 72.7 cm³/mol. The highest BCUT2D eigenvalue weighted by Crippen LogP contribution is 2.28. The Kier molecular flexibility index (Phi) is 4.61. The fourth-order valence-corrected chi connectivity index (χ4v) is 2.59. The van der Waals surface area contributed by atoms with Crippen molar-refractivity contribution >= 4 is 0 Å². The highest BCUT2D eigenvalue weighted by molar-refractivity contribution is 5.33. The number of nitrogens with one attached hydrogen (secondary N) is 1. The third kappa shape index (κ3) is 3.47. The quantitative estimate of drug-likeness (QED) is 0.814. The first-order valence-corrected chi connectivity index (χ1v) is 6.87. The van der Waals surface area contributed by atoms with Crippen molar-refractivity contribution < 1.29 is 9.84 Å². The summed E-state index contributed by atoms with van der Waals surface area (Å²) in [4.78, 5) is 0. The van der Waals surface area contributed by atoms with Crippen LogP contribution in [0.3, 0.4) is 0 Å². The van der Waals surface area contributed by atoms with Crippen LogP contribution in [-0.2, 0) is 6.54 Å². The van der Waals surface area contributed by atoms with Gasteiger partial charge in [-0.25, -0.2) is 0 Å². The Morgan fingerprint density at radius 2 is 2.00 bits per heavy atom. The van der Waals surface area contributed by atoms with Gasteiger partial charge in [0.05, 0.1) is 12.2 Å². The van der Waals surface area contributed by atoms with Crippen molar-refractivity contribution in [2.75, 3.05) is 13.2 Å². The van der Waals surface area contributed by atoms with Crippen LogP contribution in [0.2, 0.25) is 0 Å². The number of aliphatic hydroxyl groups is 1. The molecule has 2 rings (SSSR count). The second-order valence-corrected chi connectivity index (χ2v) is 5.08. The van der Waals surface area contributed by atoms with E-state index in [1.807, 2.05) is 25.1 Å². The molecule has 3 nitrogen and oxygen atoms in total. The lowest BCUT2D eigenvalue weighted by Gasteiger charge is -2.22. The lowest BCUT2D eigenvalue weighted by Crippen LogP contribution is -2.37. The van der Waals surface area contributed by atoms with Crippen molar-refractivity contribution in [2.45, 2.75) is 44.8 Å². The maximum Gasteiger partial charge on any atom is 0.123 e. The molecule has 0 spiro atoms. The second-order valence-electron chi connectivity index (χ2n) is 5.08. The monoisotopic (exact) mass is 249 g/mol. The van der Waals surface area contributed by atoms with Gasteiger partial charge >= 0.3 is 0 Å². The molecule has 100 valence electrons. The third-order valence-electron chi connectivity index (χ3n) is 3.58. The Labute approximate surface area is 109 Å². The summed E-state index contributed by atoms with van der Waals surface area (Å²) >= 11 is 0. The van der Waals surface area contributed by atoms with E-state index in [1.54, 1.807) is 0 Å². The molecule has 1 aliphatic carbocycles. The molecule has 0 aliphatic heterocycles. The molecule has 0 aromatic heterocycles. The molecule has 1 aliphatic rings. The summed E-state index contributed by atoms with van der Waals surface area (Å²) in [7, 11) is 0. The Bertz CT molecular complexity index is 373. The van der Waals surface area contributed by atoms with E-state index in [9.17, 15) is 5.11 Å². The van der Waals surface area contributed by atoms with Crippen molar-refractivity contribution in [2.24, 2.45) is 0 Å². The molecule has 3 heteroatoms. The summed E-state index contributed by atoms with van der Waals surface area (Å²) in [5.74, 6) is 0.936. The summed E-state index contributed by atoms with van der Waals surface area (Å²) < 4.78 is 5.58. The molecule has 0 bridgehead atoms. The number of para-hydroxylation sites is 1. The van der Waals surface area contributed by atoms with Crippen molar-refractivity contribution in [3.05, 3.63) is 29.8 Å². The van der Waals surface area contributed by atoms with Crippen molar-refractivity contribution in [3.8, 4) is 5.75 Å².